The molecule has 12 heteroatoms. The Morgan fingerprint density at radius 1 is 0.472 bits per heavy atom. The van der Waals surface area contributed by atoms with Crippen LogP contribution in [0.15, 0.2) is 60.7 Å². The van der Waals surface area contributed by atoms with Gasteiger partial charge in [0.15, 0.2) is 34.5 Å². The molecule has 0 radical (unpaired) electrons. The number of nitro benzene ring substituents is 2. The standard InChI is InChI=1S/C8H8N2O6.2C8H10O2/c1-15-7-3-5(9(11)12)6(10(13)14)4-8(7)16-2;2*1-9-7-5-3-4-6-8(7)10-2/h3-4H,1-2H3;2*3-6H,1-2H3. The Bertz CT molecular complexity index is 1000. The molecule has 0 spiro atoms. The molecule has 194 valence electrons. The molecule has 0 unspecified atom stereocenters. The zero-order valence-corrected chi connectivity index (χ0v) is 20.8. The number of methoxy groups -OCH3 is 6. The van der Waals surface area contributed by atoms with Gasteiger partial charge < -0.3 is 28.4 Å². The average molecular weight is 504 g/mol. The van der Waals surface area contributed by atoms with Gasteiger partial charge in [0.25, 0.3) is 0 Å². The van der Waals surface area contributed by atoms with Crippen molar-refractivity contribution in [1.29, 1.82) is 0 Å². The predicted molar refractivity (Wildman–Crippen MR) is 132 cm³/mol. The van der Waals surface area contributed by atoms with E-state index in [2.05, 4.69) is 0 Å². The van der Waals surface area contributed by atoms with E-state index in [1.165, 1.54) is 14.2 Å². The molecule has 0 fully saturated rings. The number of benzene rings is 3. The van der Waals surface area contributed by atoms with Crippen molar-refractivity contribution in [1.82, 2.24) is 0 Å². The minimum absolute atomic E-state index is 0.0693. The van der Waals surface area contributed by atoms with Crippen LogP contribution >= 0.6 is 0 Å². The van der Waals surface area contributed by atoms with E-state index in [1.807, 2.05) is 48.5 Å². The molecule has 3 aromatic carbocycles. The van der Waals surface area contributed by atoms with E-state index in [0.717, 1.165) is 35.1 Å². The van der Waals surface area contributed by atoms with E-state index in [1.54, 1.807) is 28.4 Å². The maximum atomic E-state index is 10.6. The number of nitro groups is 2. The molecule has 0 amide bonds. The van der Waals surface area contributed by atoms with Gasteiger partial charge in [0, 0.05) is 0 Å². The van der Waals surface area contributed by atoms with Crippen molar-refractivity contribution in [3.8, 4) is 34.5 Å². The SMILES string of the molecule is COc1cc([N+](=O)[O-])c([N+](=O)[O-])cc1OC.COc1ccccc1OC.COc1ccccc1OC. The van der Waals surface area contributed by atoms with Crippen LogP contribution in [0.4, 0.5) is 11.4 Å². The van der Waals surface area contributed by atoms with Gasteiger partial charge in [-0.05, 0) is 24.3 Å². The summed E-state index contributed by atoms with van der Waals surface area (Å²) in [6, 6.07) is 17.0. The summed E-state index contributed by atoms with van der Waals surface area (Å²) in [5.41, 5.74) is -1.27. The molecular formula is C24H28N2O10. The lowest BCUT2D eigenvalue weighted by atomic mass is 10.2. The summed E-state index contributed by atoms with van der Waals surface area (Å²) in [6.07, 6.45) is 0. The Morgan fingerprint density at radius 3 is 0.861 bits per heavy atom. The third kappa shape index (κ3) is 8.24. The van der Waals surface area contributed by atoms with Crippen molar-refractivity contribution in [2.24, 2.45) is 0 Å². The Kier molecular flexibility index (Phi) is 12.4. The number of hydrogen-bond acceptors (Lipinski definition) is 10. The van der Waals surface area contributed by atoms with Gasteiger partial charge in [0.05, 0.1) is 64.6 Å². The highest BCUT2D eigenvalue weighted by molar-refractivity contribution is 5.62. The number of hydrogen-bond donors (Lipinski definition) is 0. The first-order chi connectivity index (χ1) is 17.3. The van der Waals surface area contributed by atoms with Gasteiger partial charge in [0.2, 0.25) is 0 Å². The number of nitrogens with zero attached hydrogens (tertiary/aromatic N) is 2. The van der Waals surface area contributed by atoms with Gasteiger partial charge in [-0.15, -0.1) is 0 Å². The molecule has 0 N–H and O–H groups in total. The molecule has 0 saturated carbocycles. The second kappa shape index (κ2) is 15.2. The topological polar surface area (TPSA) is 142 Å². The predicted octanol–water partition coefficient (Wildman–Crippen LogP) is 4.93. The molecule has 0 atom stereocenters. The van der Waals surface area contributed by atoms with Gasteiger partial charge >= 0.3 is 11.4 Å². The van der Waals surface area contributed by atoms with Gasteiger partial charge in [-0.1, -0.05) is 24.3 Å². The number of ether oxygens (including phenoxy) is 6. The third-order valence-corrected chi connectivity index (χ3v) is 4.45. The van der Waals surface area contributed by atoms with Crippen molar-refractivity contribution in [3.63, 3.8) is 0 Å². The van der Waals surface area contributed by atoms with Crippen LogP contribution in [0.1, 0.15) is 0 Å². The summed E-state index contributed by atoms with van der Waals surface area (Å²) in [6.45, 7) is 0. The maximum absolute atomic E-state index is 10.6. The van der Waals surface area contributed by atoms with E-state index in [9.17, 15) is 20.2 Å². The quantitative estimate of drug-likeness (QED) is 0.306. The third-order valence-electron chi connectivity index (χ3n) is 4.45. The van der Waals surface area contributed by atoms with Crippen molar-refractivity contribution >= 4 is 11.4 Å². The van der Waals surface area contributed by atoms with Crippen molar-refractivity contribution in [2.45, 2.75) is 0 Å². The largest absolute Gasteiger partial charge is 0.493 e. The second-order valence-electron chi connectivity index (χ2n) is 6.42. The van der Waals surface area contributed by atoms with Crippen LogP contribution in [0.2, 0.25) is 0 Å². The van der Waals surface area contributed by atoms with Crippen LogP contribution in [0.3, 0.4) is 0 Å². The summed E-state index contributed by atoms with van der Waals surface area (Å²) < 4.78 is 29.7. The lowest BCUT2D eigenvalue weighted by Crippen LogP contribution is -1.99. The number of para-hydroxylation sites is 4. The molecule has 12 nitrogen and oxygen atoms in total. The van der Waals surface area contributed by atoms with Crippen LogP contribution in [0.5, 0.6) is 34.5 Å². The van der Waals surface area contributed by atoms with E-state index >= 15 is 0 Å². The Balaban J connectivity index is 0.000000282. The normalized spacial score (nSPS) is 9.28. The molecule has 0 bridgehead atoms. The lowest BCUT2D eigenvalue weighted by molar-refractivity contribution is -0.422. The minimum atomic E-state index is -0.847. The van der Waals surface area contributed by atoms with Crippen LogP contribution in [0.25, 0.3) is 0 Å². The van der Waals surface area contributed by atoms with Gasteiger partial charge in [-0.25, -0.2) is 0 Å². The monoisotopic (exact) mass is 504 g/mol. The first kappa shape index (κ1) is 29.3. The van der Waals surface area contributed by atoms with E-state index in [0.29, 0.717) is 0 Å². The fourth-order valence-electron chi connectivity index (χ4n) is 2.72. The van der Waals surface area contributed by atoms with Gasteiger partial charge in [0.1, 0.15) is 0 Å². The number of rotatable bonds is 8. The van der Waals surface area contributed by atoms with Crippen molar-refractivity contribution < 1.29 is 38.3 Å². The fraction of sp³-hybridized carbons (Fsp3) is 0.250. The lowest BCUT2D eigenvalue weighted by Gasteiger charge is -2.06. The van der Waals surface area contributed by atoms with E-state index in [-0.39, 0.29) is 11.5 Å². The van der Waals surface area contributed by atoms with Crippen molar-refractivity contribution in [3.05, 3.63) is 80.9 Å². The van der Waals surface area contributed by atoms with Gasteiger partial charge in [-0.2, -0.15) is 0 Å². The molecule has 0 heterocycles. The first-order valence-electron chi connectivity index (χ1n) is 10.2. The Hall–Kier alpha value is -4.74. The smallest absolute Gasteiger partial charge is 0.350 e. The molecule has 3 rings (SSSR count). The Labute approximate surface area is 208 Å². The highest BCUT2D eigenvalue weighted by atomic mass is 16.6. The summed E-state index contributed by atoms with van der Waals surface area (Å²) >= 11 is 0. The van der Waals surface area contributed by atoms with Crippen LogP contribution < -0.4 is 28.4 Å². The average Bonchev–Trinajstić information content (AvgIpc) is 2.92. The summed E-state index contributed by atoms with van der Waals surface area (Å²) in [7, 11) is 9.06. The summed E-state index contributed by atoms with van der Waals surface area (Å²) in [4.78, 5) is 19.5. The molecule has 3 aromatic rings. The molecular weight excluding hydrogens is 476 g/mol. The zero-order chi connectivity index (χ0) is 27.1. The fourth-order valence-corrected chi connectivity index (χ4v) is 2.72. The molecule has 0 aliphatic carbocycles. The minimum Gasteiger partial charge on any atom is -0.493 e. The second-order valence-corrected chi connectivity index (χ2v) is 6.42. The maximum Gasteiger partial charge on any atom is 0.350 e. The van der Waals surface area contributed by atoms with Gasteiger partial charge in [-0.3, -0.25) is 20.2 Å². The van der Waals surface area contributed by atoms with Crippen LogP contribution in [0, 0.1) is 20.2 Å². The highest BCUT2D eigenvalue weighted by Gasteiger charge is 2.27. The summed E-state index contributed by atoms with van der Waals surface area (Å²) in [5, 5.41) is 21.2. The molecule has 0 aliphatic heterocycles. The summed E-state index contributed by atoms with van der Waals surface area (Å²) in [5.74, 6) is 3.21. The highest BCUT2D eigenvalue weighted by Crippen LogP contribution is 2.38. The molecule has 0 aromatic heterocycles. The first-order valence-corrected chi connectivity index (χ1v) is 10.2. The Morgan fingerprint density at radius 2 is 0.694 bits per heavy atom. The zero-order valence-electron chi connectivity index (χ0n) is 20.8. The van der Waals surface area contributed by atoms with E-state index < -0.39 is 21.2 Å². The van der Waals surface area contributed by atoms with E-state index in [4.69, 9.17) is 28.4 Å². The molecule has 36 heavy (non-hydrogen) atoms. The van der Waals surface area contributed by atoms with Crippen molar-refractivity contribution in [2.75, 3.05) is 42.7 Å². The molecule has 0 aliphatic rings. The molecule has 0 saturated heterocycles. The van der Waals surface area contributed by atoms with Crippen LogP contribution in [-0.2, 0) is 0 Å². The van der Waals surface area contributed by atoms with Crippen LogP contribution in [-0.4, -0.2) is 52.5 Å².